The second-order valence-corrected chi connectivity index (χ2v) is 7.55. The molecule has 2 aromatic heterocycles. The number of carboxylic acid groups (broad SMARTS) is 1. The molecule has 0 saturated carbocycles. The van der Waals surface area contributed by atoms with Gasteiger partial charge in [-0.3, -0.25) is 4.57 Å². The number of carboxylic acids is 1. The van der Waals surface area contributed by atoms with Gasteiger partial charge in [0.1, 0.15) is 5.82 Å². The van der Waals surface area contributed by atoms with Crippen LogP contribution in [-0.4, -0.2) is 39.3 Å². The van der Waals surface area contributed by atoms with Crippen molar-refractivity contribution in [2.75, 3.05) is 19.0 Å². The van der Waals surface area contributed by atoms with E-state index in [2.05, 4.69) is 4.98 Å². The fourth-order valence-electron chi connectivity index (χ4n) is 3.37. The van der Waals surface area contributed by atoms with Gasteiger partial charge < -0.3 is 10.0 Å². The predicted octanol–water partition coefficient (Wildman–Crippen LogP) is 3.65. The third-order valence-corrected chi connectivity index (χ3v) is 5.12. The Balaban J connectivity index is 1.87. The molecule has 0 aliphatic carbocycles. The van der Waals surface area contributed by atoms with Crippen LogP contribution in [0.5, 0.6) is 0 Å². The Morgan fingerprint density at radius 1 is 1.10 bits per heavy atom. The first kappa shape index (κ1) is 19.7. The maximum atomic E-state index is 13.4. The molecule has 7 nitrogen and oxygen atoms in total. The molecule has 0 amide bonds. The number of rotatable bonds is 5. The van der Waals surface area contributed by atoms with E-state index in [1.807, 2.05) is 25.1 Å². The Labute approximate surface area is 177 Å². The molecule has 0 aliphatic rings. The van der Waals surface area contributed by atoms with Gasteiger partial charge in [0.2, 0.25) is 0 Å². The molecular weight excluding hydrogens is 404 g/mol. The Morgan fingerprint density at radius 3 is 2.57 bits per heavy atom. The number of halogens is 1. The standard InChI is InChI=1S/C22H19ClN4O3/c1-25(2)17-7-9-20(24-12-17)27-19-11-16(23)6-8-18(19)26(22(27)30)13-14-4-3-5-15(10-14)21(28)29/h3-12H,13H2,1-2H3,(H,28,29). The van der Waals surface area contributed by atoms with Crippen molar-refractivity contribution in [2.24, 2.45) is 0 Å². The van der Waals surface area contributed by atoms with Crippen LogP contribution in [0.15, 0.2) is 65.6 Å². The zero-order valence-corrected chi connectivity index (χ0v) is 17.2. The van der Waals surface area contributed by atoms with Gasteiger partial charge in [0.15, 0.2) is 0 Å². The minimum atomic E-state index is -1.01. The third-order valence-electron chi connectivity index (χ3n) is 4.88. The lowest BCUT2D eigenvalue weighted by Crippen LogP contribution is -2.24. The first-order valence-corrected chi connectivity index (χ1v) is 9.60. The molecule has 0 unspecified atom stereocenters. The van der Waals surface area contributed by atoms with Crippen molar-refractivity contribution in [3.63, 3.8) is 0 Å². The molecule has 4 aromatic rings. The van der Waals surface area contributed by atoms with E-state index in [4.69, 9.17) is 11.6 Å². The summed E-state index contributed by atoms with van der Waals surface area (Å²) in [5.74, 6) is -0.528. The van der Waals surface area contributed by atoms with E-state index in [0.29, 0.717) is 27.4 Å². The molecule has 0 bridgehead atoms. The van der Waals surface area contributed by atoms with Gasteiger partial charge in [0.25, 0.3) is 0 Å². The van der Waals surface area contributed by atoms with Crippen LogP contribution in [0.25, 0.3) is 16.9 Å². The largest absolute Gasteiger partial charge is 0.478 e. The first-order chi connectivity index (χ1) is 14.3. The molecule has 4 rings (SSSR count). The number of fused-ring (bicyclic) bond motifs is 1. The van der Waals surface area contributed by atoms with Crippen molar-refractivity contribution in [3.05, 3.63) is 87.4 Å². The summed E-state index contributed by atoms with van der Waals surface area (Å²) in [7, 11) is 3.83. The van der Waals surface area contributed by atoms with Gasteiger partial charge in [-0.05, 0) is 48.0 Å². The van der Waals surface area contributed by atoms with Crippen molar-refractivity contribution < 1.29 is 9.90 Å². The van der Waals surface area contributed by atoms with Crippen LogP contribution < -0.4 is 10.6 Å². The zero-order chi connectivity index (χ0) is 21.4. The quantitative estimate of drug-likeness (QED) is 0.531. The summed E-state index contributed by atoms with van der Waals surface area (Å²) in [6.07, 6.45) is 1.70. The number of hydrogen-bond acceptors (Lipinski definition) is 4. The molecule has 0 aliphatic heterocycles. The summed E-state index contributed by atoms with van der Waals surface area (Å²) < 4.78 is 3.11. The van der Waals surface area contributed by atoms with Crippen LogP contribution in [0.1, 0.15) is 15.9 Å². The fraction of sp³-hybridized carbons (Fsp3) is 0.136. The van der Waals surface area contributed by atoms with Crippen molar-refractivity contribution in [2.45, 2.75) is 6.54 Å². The summed E-state index contributed by atoms with van der Waals surface area (Å²) in [4.78, 5) is 31.0. The van der Waals surface area contributed by atoms with Crippen LogP contribution in [0, 0.1) is 0 Å². The number of anilines is 1. The lowest BCUT2D eigenvalue weighted by atomic mass is 10.1. The number of pyridine rings is 1. The average Bonchev–Trinajstić information content (AvgIpc) is 2.99. The monoisotopic (exact) mass is 422 g/mol. The van der Waals surface area contributed by atoms with E-state index in [0.717, 1.165) is 5.69 Å². The molecule has 0 fully saturated rings. The highest BCUT2D eigenvalue weighted by atomic mass is 35.5. The van der Waals surface area contributed by atoms with Crippen LogP contribution in [0.4, 0.5) is 5.69 Å². The normalized spacial score (nSPS) is 11.0. The molecule has 30 heavy (non-hydrogen) atoms. The van der Waals surface area contributed by atoms with Crippen molar-refractivity contribution >= 4 is 34.3 Å². The first-order valence-electron chi connectivity index (χ1n) is 9.22. The number of aromatic nitrogens is 3. The minimum absolute atomic E-state index is 0.174. The molecule has 0 spiro atoms. The van der Waals surface area contributed by atoms with Crippen molar-refractivity contribution in [1.82, 2.24) is 14.1 Å². The number of aromatic carboxylic acids is 1. The number of nitrogens with zero attached hydrogens (tertiary/aromatic N) is 4. The molecule has 2 heterocycles. The molecule has 2 aromatic carbocycles. The van der Waals surface area contributed by atoms with Gasteiger partial charge in [-0.1, -0.05) is 23.7 Å². The summed E-state index contributed by atoms with van der Waals surface area (Å²) in [5, 5.41) is 9.75. The molecule has 1 N–H and O–H groups in total. The second kappa shape index (κ2) is 7.68. The smallest absolute Gasteiger partial charge is 0.335 e. The van der Waals surface area contributed by atoms with E-state index >= 15 is 0 Å². The number of hydrogen-bond donors (Lipinski definition) is 1. The number of imidazole rings is 1. The molecular formula is C22H19ClN4O3. The Bertz CT molecular complexity index is 1310. The van der Waals surface area contributed by atoms with Crippen LogP contribution >= 0.6 is 11.6 Å². The lowest BCUT2D eigenvalue weighted by molar-refractivity contribution is 0.0696. The topological polar surface area (TPSA) is 80.4 Å². The molecule has 0 atom stereocenters. The van der Waals surface area contributed by atoms with Crippen LogP contribution in [0.3, 0.4) is 0 Å². The number of carbonyl (C=O) groups is 1. The van der Waals surface area contributed by atoms with Gasteiger partial charge in [-0.2, -0.15) is 0 Å². The van der Waals surface area contributed by atoms with E-state index < -0.39 is 5.97 Å². The van der Waals surface area contributed by atoms with Crippen LogP contribution in [0.2, 0.25) is 5.02 Å². The van der Waals surface area contributed by atoms with E-state index in [9.17, 15) is 14.7 Å². The lowest BCUT2D eigenvalue weighted by Gasteiger charge is -2.12. The fourth-order valence-corrected chi connectivity index (χ4v) is 3.53. The average molecular weight is 423 g/mol. The summed E-state index contributed by atoms with van der Waals surface area (Å²) in [6.45, 7) is 0.223. The highest BCUT2D eigenvalue weighted by molar-refractivity contribution is 6.31. The second-order valence-electron chi connectivity index (χ2n) is 7.11. The van der Waals surface area contributed by atoms with Gasteiger partial charge in [0.05, 0.1) is 35.0 Å². The van der Waals surface area contributed by atoms with Gasteiger partial charge in [0, 0.05) is 19.1 Å². The highest BCUT2D eigenvalue weighted by Crippen LogP contribution is 2.23. The zero-order valence-electron chi connectivity index (χ0n) is 16.4. The SMILES string of the molecule is CN(C)c1ccc(-n2c(=O)n(Cc3cccc(C(=O)O)c3)c3ccc(Cl)cc32)nc1. The van der Waals surface area contributed by atoms with E-state index in [1.54, 1.807) is 53.2 Å². The Kier molecular flexibility index (Phi) is 5.05. The maximum Gasteiger partial charge on any atom is 0.335 e. The Hall–Kier alpha value is -3.58. The van der Waals surface area contributed by atoms with Gasteiger partial charge >= 0.3 is 11.7 Å². The maximum absolute atomic E-state index is 13.4. The van der Waals surface area contributed by atoms with Gasteiger partial charge in [-0.15, -0.1) is 0 Å². The van der Waals surface area contributed by atoms with Crippen molar-refractivity contribution in [3.8, 4) is 5.82 Å². The third kappa shape index (κ3) is 3.55. The predicted molar refractivity (Wildman–Crippen MR) is 117 cm³/mol. The van der Waals surface area contributed by atoms with E-state index in [-0.39, 0.29) is 17.8 Å². The molecule has 0 radical (unpaired) electrons. The van der Waals surface area contributed by atoms with Crippen molar-refractivity contribution in [1.29, 1.82) is 0 Å². The van der Waals surface area contributed by atoms with E-state index in [1.165, 1.54) is 10.6 Å². The Morgan fingerprint density at radius 2 is 1.90 bits per heavy atom. The highest BCUT2D eigenvalue weighted by Gasteiger charge is 2.17. The summed E-state index contributed by atoms with van der Waals surface area (Å²) in [6, 6.07) is 15.5. The minimum Gasteiger partial charge on any atom is -0.478 e. The summed E-state index contributed by atoms with van der Waals surface area (Å²) >= 11 is 6.21. The number of benzene rings is 2. The summed E-state index contributed by atoms with van der Waals surface area (Å²) in [5.41, 5.74) is 2.84. The molecule has 0 saturated heterocycles. The molecule has 8 heteroatoms. The van der Waals surface area contributed by atoms with Crippen LogP contribution in [-0.2, 0) is 6.54 Å². The van der Waals surface area contributed by atoms with Gasteiger partial charge in [-0.25, -0.2) is 19.1 Å². The molecule has 152 valence electrons.